The summed E-state index contributed by atoms with van der Waals surface area (Å²) in [6, 6.07) is 10.1. The van der Waals surface area contributed by atoms with Gasteiger partial charge in [0.15, 0.2) is 5.82 Å². The van der Waals surface area contributed by atoms with Crippen molar-refractivity contribution in [1.82, 2.24) is 20.2 Å². The first kappa shape index (κ1) is 12.3. The van der Waals surface area contributed by atoms with E-state index in [0.717, 1.165) is 24.1 Å². The number of oxime groups is 1. The first-order valence-corrected chi connectivity index (χ1v) is 7.10. The largest absolute Gasteiger partial charge is 0.388 e. The fourth-order valence-corrected chi connectivity index (χ4v) is 2.82. The number of tetrazole rings is 1. The van der Waals surface area contributed by atoms with Crippen LogP contribution in [-0.2, 0) is 11.4 Å². The molecule has 0 radical (unpaired) electrons. The molecule has 4 rings (SSSR count). The van der Waals surface area contributed by atoms with Crippen molar-refractivity contribution >= 4 is 5.71 Å². The minimum absolute atomic E-state index is 0.118. The summed E-state index contributed by atoms with van der Waals surface area (Å²) in [5.41, 5.74) is 1.99. The molecule has 1 aliphatic carbocycles. The van der Waals surface area contributed by atoms with Gasteiger partial charge in [-0.05, 0) is 28.5 Å². The van der Waals surface area contributed by atoms with E-state index in [2.05, 4.69) is 45.0 Å². The molecule has 0 N–H and O–H groups in total. The molecule has 2 unspecified atom stereocenters. The van der Waals surface area contributed by atoms with Gasteiger partial charge in [-0.15, -0.1) is 5.10 Å². The molecule has 2 atom stereocenters. The van der Waals surface area contributed by atoms with Crippen LogP contribution in [0.4, 0.5) is 0 Å². The Labute approximate surface area is 122 Å². The van der Waals surface area contributed by atoms with Crippen molar-refractivity contribution in [2.75, 3.05) is 0 Å². The van der Waals surface area contributed by atoms with Crippen LogP contribution in [0.5, 0.6) is 0 Å². The van der Waals surface area contributed by atoms with Crippen molar-refractivity contribution in [3.05, 3.63) is 53.9 Å². The maximum atomic E-state index is 5.54. The quantitative estimate of drug-likeness (QED) is 0.805. The average Bonchev–Trinajstić information content (AvgIpc) is 3.16. The van der Waals surface area contributed by atoms with Crippen molar-refractivity contribution in [3.63, 3.8) is 0 Å². The van der Waals surface area contributed by atoms with Crippen molar-refractivity contribution < 1.29 is 4.84 Å². The van der Waals surface area contributed by atoms with Gasteiger partial charge in [-0.2, -0.15) is 0 Å². The van der Waals surface area contributed by atoms with Crippen LogP contribution < -0.4 is 0 Å². The summed E-state index contributed by atoms with van der Waals surface area (Å²) in [5.74, 6) is 1.16. The van der Waals surface area contributed by atoms with Crippen LogP contribution in [-0.4, -0.2) is 32.0 Å². The fraction of sp³-hybridized carbons (Fsp3) is 0.333. The average molecular weight is 281 g/mol. The van der Waals surface area contributed by atoms with Crippen molar-refractivity contribution in [3.8, 4) is 0 Å². The number of allylic oxidation sites excluding steroid dienone is 1. The minimum atomic E-state index is 0.118. The van der Waals surface area contributed by atoms with Crippen LogP contribution in [0, 0.1) is 5.92 Å². The van der Waals surface area contributed by atoms with E-state index in [1.165, 1.54) is 0 Å². The van der Waals surface area contributed by atoms with Gasteiger partial charge in [0.2, 0.25) is 0 Å². The first-order chi connectivity index (χ1) is 10.4. The Morgan fingerprint density at radius 3 is 3.05 bits per heavy atom. The summed E-state index contributed by atoms with van der Waals surface area (Å²) in [7, 11) is 0. The van der Waals surface area contributed by atoms with Crippen LogP contribution in [0.15, 0.2) is 47.6 Å². The molecule has 1 aliphatic heterocycles. The number of benzene rings is 1. The molecular weight excluding hydrogens is 266 g/mol. The lowest BCUT2D eigenvalue weighted by molar-refractivity contribution is 0.0463. The summed E-state index contributed by atoms with van der Waals surface area (Å²) in [6.07, 6.45) is 6.24. The SMILES string of the molecule is C1=CC2ON=C(c3nnnn3Cc3ccccc3)CC2C1. The van der Waals surface area contributed by atoms with E-state index in [-0.39, 0.29) is 6.10 Å². The van der Waals surface area contributed by atoms with Gasteiger partial charge >= 0.3 is 0 Å². The molecule has 0 amide bonds. The lowest BCUT2D eigenvalue weighted by atomic mass is 9.96. The Bertz CT molecular complexity index is 691. The topological polar surface area (TPSA) is 65.2 Å². The molecule has 1 aromatic carbocycles. The maximum Gasteiger partial charge on any atom is 0.200 e. The van der Waals surface area contributed by atoms with Crippen molar-refractivity contribution in [2.24, 2.45) is 11.1 Å². The summed E-state index contributed by atoms with van der Waals surface area (Å²) in [4.78, 5) is 5.54. The summed E-state index contributed by atoms with van der Waals surface area (Å²) >= 11 is 0. The van der Waals surface area contributed by atoms with Gasteiger partial charge < -0.3 is 4.84 Å². The standard InChI is InChI=1S/C15H15N5O/c1-2-5-11(6-3-1)10-20-15(16-18-19-20)13-9-12-7-4-8-14(12)21-17-13/h1-6,8,12,14H,7,9-10H2. The Kier molecular flexibility index (Phi) is 2.99. The zero-order chi connectivity index (χ0) is 14.1. The van der Waals surface area contributed by atoms with E-state index in [9.17, 15) is 0 Å². The Morgan fingerprint density at radius 2 is 2.14 bits per heavy atom. The lowest BCUT2D eigenvalue weighted by Crippen LogP contribution is -2.27. The van der Waals surface area contributed by atoms with Crippen molar-refractivity contribution in [2.45, 2.75) is 25.5 Å². The third kappa shape index (κ3) is 2.33. The predicted molar refractivity (Wildman–Crippen MR) is 76.6 cm³/mol. The van der Waals surface area contributed by atoms with Gasteiger partial charge in [0.1, 0.15) is 11.8 Å². The van der Waals surface area contributed by atoms with Crippen LogP contribution >= 0.6 is 0 Å². The van der Waals surface area contributed by atoms with Crippen LogP contribution in [0.1, 0.15) is 24.2 Å². The van der Waals surface area contributed by atoms with Gasteiger partial charge in [0.05, 0.1) is 6.54 Å². The first-order valence-electron chi connectivity index (χ1n) is 7.10. The highest BCUT2D eigenvalue weighted by atomic mass is 16.6. The highest BCUT2D eigenvalue weighted by Crippen LogP contribution is 2.30. The molecule has 6 nitrogen and oxygen atoms in total. The van der Waals surface area contributed by atoms with Gasteiger partial charge in [0, 0.05) is 12.3 Å². The smallest absolute Gasteiger partial charge is 0.200 e. The van der Waals surface area contributed by atoms with Gasteiger partial charge in [-0.3, -0.25) is 0 Å². The molecule has 6 heteroatoms. The monoisotopic (exact) mass is 281 g/mol. The second-order valence-electron chi connectivity index (χ2n) is 5.38. The predicted octanol–water partition coefficient (Wildman–Crippen LogP) is 1.79. The van der Waals surface area contributed by atoms with E-state index < -0.39 is 0 Å². The maximum absolute atomic E-state index is 5.54. The Balaban J connectivity index is 1.58. The molecule has 1 aromatic heterocycles. The van der Waals surface area contributed by atoms with Gasteiger partial charge in [-0.1, -0.05) is 41.6 Å². The minimum Gasteiger partial charge on any atom is -0.388 e. The third-order valence-corrected chi connectivity index (χ3v) is 3.93. The van der Waals surface area contributed by atoms with E-state index in [1.54, 1.807) is 4.68 Å². The van der Waals surface area contributed by atoms with E-state index >= 15 is 0 Å². The highest BCUT2D eigenvalue weighted by molar-refractivity contribution is 5.97. The number of aromatic nitrogens is 4. The van der Waals surface area contributed by atoms with Crippen molar-refractivity contribution in [1.29, 1.82) is 0 Å². The molecule has 0 spiro atoms. The number of nitrogens with zero attached hydrogens (tertiary/aromatic N) is 5. The van der Waals surface area contributed by atoms with E-state index in [1.807, 2.05) is 18.2 Å². The third-order valence-electron chi connectivity index (χ3n) is 3.93. The summed E-state index contributed by atoms with van der Waals surface area (Å²) in [5, 5.41) is 16.2. The molecule has 0 fully saturated rings. The number of hydrogen-bond donors (Lipinski definition) is 0. The summed E-state index contributed by atoms with van der Waals surface area (Å²) < 4.78 is 1.78. The molecule has 0 bridgehead atoms. The van der Waals surface area contributed by atoms with Crippen LogP contribution in [0.2, 0.25) is 0 Å². The van der Waals surface area contributed by atoms with E-state index in [4.69, 9.17) is 4.84 Å². The number of fused-ring (bicyclic) bond motifs is 1. The zero-order valence-electron chi connectivity index (χ0n) is 11.5. The summed E-state index contributed by atoms with van der Waals surface area (Å²) in [6.45, 7) is 0.633. The lowest BCUT2D eigenvalue weighted by Gasteiger charge is -2.23. The molecule has 2 aliphatic rings. The van der Waals surface area contributed by atoms with Crippen LogP contribution in [0.3, 0.4) is 0 Å². The molecule has 2 heterocycles. The normalized spacial score (nSPS) is 23.5. The number of hydrogen-bond acceptors (Lipinski definition) is 5. The number of rotatable bonds is 3. The second-order valence-corrected chi connectivity index (χ2v) is 5.38. The second kappa shape index (κ2) is 5.12. The molecule has 2 aromatic rings. The van der Waals surface area contributed by atoms with Gasteiger partial charge in [-0.25, -0.2) is 4.68 Å². The molecule has 0 saturated heterocycles. The molecule has 106 valence electrons. The van der Waals surface area contributed by atoms with E-state index in [0.29, 0.717) is 18.3 Å². The Morgan fingerprint density at radius 1 is 1.24 bits per heavy atom. The highest BCUT2D eigenvalue weighted by Gasteiger charge is 2.32. The molecule has 21 heavy (non-hydrogen) atoms. The molecule has 0 saturated carbocycles. The zero-order valence-corrected chi connectivity index (χ0v) is 11.5. The Hall–Kier alpha value is -2.50. The molecular formula is C15H15N5O. The van der Waals surface area contributed by atoms with Crippen LogP contribution in [0.25, 0.3) is 0 Å². The fourth-order valence-electron chi connectivity index (χ4n) is 2.82. The van der Waals surface area contributed by atoms with Gasteiger partial charge in [0.25, 0.3) is 0 Å².